The van der Waals surface area contributed by atoms with E-state index in [-0.39, 0.29) is 26.2 Å². The van der Waals surface area contributed by atoms with Gasteiger partial charge in [0, 0.05) is 26.2 Å². The van der Waals surface area contributed by atoms with Gasteiger partial charge in [-0.15, -0.1) is 0 Å². The van der Waals surface area contributed by atoms with Crippen molar-refractivity contribution in [1.82, 2.24) is 19.6 Å². The van der Waals surface area contributed by atoms with Crippen LogP contribution in [0.5, 0.6) is 0 Å². The molecule has 0 amide bonds. The molecule has 0 aromatic rings. The third-order valence-electron chi connectivity index (χ3n) is 3.68. The largest absolute Gasteiger partial charge is 0.480 e. The number of hydrogen-bond acceptors (Lipinski definition) is 8. The highest BCUT2D eigenvalue weighted by Crippen LogP contribution is 1.90. The minimum absolute atomic E-state index is 0.00257. The number of carboxylic acids is 4. The first-order valence-corrected chi connectivity index (χ1v) is 9.02. The van der Waals surface area contributed by atoms with Crippen LogP contribution < -0.4 is 0 Å². The van der Waals surface area contributed by atoms with E-state index in [9.17, 15) is 19.2 Å². The summed E-state index contributed by atoms with van der Waals surface area (Å²) in [6.45, 7) is 4.63. The van der Waals surface area contributed by atoms with Crippen molar-refractivity contribution in [2.24, 2.45) is 0 Å². The molecular weight excluding hydrogens is 388 g/mol. The minimum Gasteiger partial charge on any atom is -0.480 e. The normalized spacial score (nSPS) is 10.9. The van der Waals surface area contributed by atoms with E-state index in [0.717, 1.165) is 0 Å². The molecule has 0 saturated heterocycles. The number of carboxylic acid groups (broad SMARTS) is 4. The van der Waals surface area contributed by atoms with Crippen molar-refractivity contribution in [2.45, 2.75) is 6.92 Å². The summed E-state index contributed by atoms with van der Waals surface area (Å²) in [6.07, 6.45) is 0. The molecule has 4 N–H and O–H groups in total. The maximum Gasteiger partial charge on any atom is 0.317 e. The second kappa shape index (κ2) is 16.7. The maximum absolute atomic E-state index is 10.4. The monoisotopic (exact) mass is 422 g/mol. The van der Waals surface area contributed by atoms with E-state index in [0.29, 0.717) is 32.7 Å². The minimum atomic E-state index is -0.881. The second-order valence-electron chi connectivity index (χ2n) is 6.66. The predicted octanol–water partition coefficient (Wildman–Crippen LogP) is -1.57. The number of nitrogens with zero attached hydrogens (tertiary/aromatic N) is 4. The van der Waals surface area contributed by atoms with Crippen LogP contribution in [0.2, 0.25) is 0 Å². The molecular formula is C17H34N4O8. The Hall–Kier alpha value is -2.28. The van der Waals surface area contributed by atoms with Crippen molar-refractivity contribution in [1.29, 1.82) is 0 Å². The van der Waals surface area contributed by atoms with Crippen LogP contribution in [-0.4, -0.2) is 144 Å². The molecule has 29 heavy (non-hydrogen) atoms. The first kappa shape index (κ1) is 28.9. The van der Waals surface area contributed by atoms with E-state index >= 15 is 0 Å². The molecule has 12 nitrogen and oxygen atoms in total. The van der Waals surface area contributed by atoms with Gasteiger partial charge in [-0.2, -0.15) is 0 Å². The Balaban J connectivity index is 0. The number of rotatable bonds is 15. The van der Waals surface area contributed by atoms with Crippen LogP contribution in [0.3, 0.4) is 0 Å². The third kappa shape index (κ3) is 21.9. The Kier molecular flexibility index (Phi) is 16.6. The van der Waals surface area contributed by atoms with Crippen molar-refractivity contribution < 1.29 is 39.6 Å². The Morgan fingerprint density at radius 1 is 0.552 bits per heavy atom. The molecule has 0 rings (SSSR count). The summed E-state index contributed by atoms with van der Waals surface area (Å²) in [6, 6.07) is 0. The van der Waals surface area contributed by atoms with Gasteiger partial charge in [-0.25, -0.2) is 0 Å². The molecule has 0 fully saturated rings. The van der Waals surface area contributed by atoms with Crippen molar-refractivity contribution in [3.63, 3.8) is 0 Å². The quantitative estimate of drug-likeness (QED) is 0.240. The zero-order valence-electron chi connectivity index (χ0n) is 17.6. The highest BCUT2D eigenvalue weighted by Gasteiger charge is 2.10. The topological polar surface area (TPSA) is 162 Å². The van der Waals surface area contributed by atoms with E-state index < -0.39 is 23.9 Å². The van der Waals surface area contributed by atoms with Crippen LogP contribution in [0.15, 0.2) is 0 Å². The van der Waals surface area contributed by atoms with Crippen molar-refractivity contribution in [3.05, 3.63) is 0 Å². The lowest BCUT2D eigenvalue weighted by Crippen LogP contribution is -2.37. The van der Waals surface area contributed by atoms with Crippen LogP contribution >= 0.6 is 0 Å². The number of likely N-dealkylation sites (N-methyl/N-ethyl adjacent to an activating group) is 4. The summed E-state index contributed by atoms with van der Waals surface area (Å²) in [7, 11) is 5.06. The van der Waals surface area contributed by atoms with Crippen LogP contribution in [0.1, 0.15) is 6.92 Å². The van der Waals surface area contributed by atoms with E-state index in [1.165, 1.54) is 0 Å². The Labute approximate surface area is 170 Å². The lowest BCUT2D eigenvalue weighted by molar-refractivity contribution is -0.139. The number of aliphatic carboxylic acids is 4. The van der Waals surface area contributed by atoms with E-state index in [4.69, 9.17) is 20.4 Å². The lowest BCUT2D eigenvalue weighted by atomic mass is 10.4. The zero-order valence-corrected chi connectivity index (χ0v) is 17.6. The van der Waals surface area contributed by atoms with E-state index in [2.05, 4.69) is 0 Å². The highest BCUT2D eigenvalue weighted by atomic mass is 16.4. The standard InChI is InChI=1S/C9H18N2O4.C8H16N2O4/c1-3-11(7-9(14)15)5-4-10(2)6-8(12)13;1-9(5-7(11)12)3-4-10(2)6-8(13)14/h3-7H2,1-2H3,(H,12,13)(H,14,15);3-6H2,1-2H3,(H,11,12)(H,13,14). The summed E-state index contributed by atoms with van der Waals surface area (Å²) < 4.78 is 0. The summed E-state index contributed by atoms with van der Waals surface area (Å²) in [5, 5.41) is 34.0. The van der Waals surface area contributed by atoms with Gasteiger partial charge in [-0.3, -0.25) is 38.8 Å². The molecule has 0 saturated carbocycles. The van der Waals surface area contributed by atoms with Gasteiger partial charge in [-0.1, -0.05) is 6.92 Å². The summed E-state index contributed by atoms with van der Waals surface area (Å²) in [4.78, 5) is 48.0. The average molecular weight is 422 g/mol. The van der Waals surface area contributed by atoms with Crippen LogP contribution in [-0.2, 0) is 19.2 Å². The second-order valence-corrected chi connectivity index (χ2v) is 6.66. The van der Waals surface area contributed by atoms with Gasteiger partial charge in [0.25, 0.3) is 0 Å². The molecule has 0 aromatic carbocycles. The van der Waals surface area contributed by atoms with Gasteiger partial charge < -0.3 is 20.4 Å². The lowest BCUT2D eigenvalue weighted by Gasteiger charge is -2.21. The molecule has 0 bridgehead atoms. The fraction of sp³-hybridized carbons (Fsp3) is 0.765. The van der Waals surface area contributed by atoms with Gasteiger partial charge >= 0.3 is 23.9 Å². The molecule has 0 aromatic heterocycles. The molecule has 0 aliphatic heterocycles. The Morgan fingerprint density at radius 2 is 0.828 bits per heavy atom. The Morgan fingerprint density at radius 3 is 1.07 bits per heavy atom. The molecule has 0 unspecified atom stereocenters. The fourth-order valence-corrected chi connectivity index (χ4v) is 2.12. The number of carbonyl (C=O) groups is 4. The molecule has 0 heterocycles. The van der Waals surface area contributed by atoms with Gasteiger partial charge in [0.05, 0.1) is 26.2 Å². The van der Waals surface area contributed by atoms with Gasteiger partial charge in [-0.05, 0) is 27.7 Å². The molecule has 0 spiro atoms. The van der Waals surface area contributed by atoms with Crippen molar-refractivity contribution >= 4 is 23.9 Å². The van der Waals surface area contributed by atoms with Gasteiger partial charge in [0.2, 0.25) is 0 Å². The molecule has 12 heteroatoms. The maximum atomic E-state index is 10.4. The Bertz CT molecular complexity index is 496. The number of hydrogen-bond donors (Lipinski definition) is 4. The molecule has 170 valence electrons. The SMILES string of the molecule is CCN(CCN(C)CC(=O)O)CC(=O)O.CN(CCN(C)CC(=O)O)CC(=O)O. The summed E-state index contributed by atoms with van der Waals surface area (Å²) >= 11 is 0. The zero-order chi connectivity index (χ0) is 23.0. The molecule has 0 radical (unpaired) electrons. The van der Waals surface area contributed by atoms with Crippen molar-refractivity contribution in [2.75, 3.05) is 80.0 Å². The van der Waals surface area contributed by atoms with Crippen LogP contribution in [0.4, 0.5) is 0 Å². The molecule has 0 atom stereocenters. The van der Waals surface area contributed by atoms with Crippen molar-refractivity contribution in [3.8, 4) is 0 Å². The predicted molar refractivity (Wildman–Crippen MR) is 105 cm³/mol. The fourth-order valence-electron chi connectivity index (χ4n) is 2.12. The average Bonchev–Trinajstić information content (AvgIpc) is 2.55. The van der Waals surface area contributed by atoms with Gasteiger partial charge in [0.15, 0.2) is 0 Å². The van der Waals surface area contributed by atoms with Crippen LogP contribution in [0, 0.1) is 0 Å². The van der Waals surface area contributed by atoms with E-state index in [1.807, 2.05) is 6.92 Å². The molecule has 0 aliphatic carbocycles. The summed E-state index contributed by atoms with van der Waals surface area (Å²) in [5.41, 5.74) is 0. The smallest absolute Gasteiger partial charge is 0.317 e. The first-order valence-electron chi connectivity index (χ1n) is 9.02. The van der Waals surface area contributed by atoms with E-state index in [1.54, 1.807) is 40.7 Å². The molecule has 0 aliphatic rings. The van der Waals surface area contributed by atoms with Crippen LogP contribution in [0.25, 0.3) is 0 Å². The first-order chi connectivity index (χ1) is 13.4. The highest BCUT2D eigenvalue weighted by molar-refractivity contribution is 5.70. The third-order valence-corrected chi connectivity index (χ3v) is 3.68. The van der Waals surface area contributed by atoms with Gasteiger partial charge in [0.1, 0.15) is 0 Å². The summed E-state index contributed by atoms with van der Waals surface area (Å²) in [5.74, 6) is -3.50.